The summed E-state index contributed by atoms with van der Waals surface area (Å²) in [6, 6.07) is 0. The Labute approximate surface area is 57.0 Å². The zero-order chi connectivity index (χ0) is 2.71. The van der Waals surface area contributed by atoms with E-state index in [0.717, 1.165) is 0 Å². The Hall–Kier alpha value is 1.35. The van der Waals surface area contributed by atoms with Gasteiger partial charge >= 0.3 is 54.3 Å². The third-order valence-corrected chi connectivity index (χ3v) is 0. The van der Waals surface area contributed by atoms with Crippen LogP contribution in [0.4, 0.5) is 0 Å². The molecule has 0 fully saturated rings. The molecule has 20 valence electrons. The summed E-state index contributed by atoms with van der Waals surface area (Å²) in [6.45, 7) is 2.00. The van der Waals surface area contributed by atoms with E-state index >= 15 is 0 Å². The van der Waals surface area contributed by atoms with E-state index in [2.05, 4.69) is 0 Å². The fraction of sp³-hybridized carbons (Fsp3) is 0.500. The molecule has 0 aliphatic heterocycles. The van der Waals surface area contributed by atoms with E-state index in [4.69, 9.17) is 0 Å². The Morgan fingerprint density at radius 2 is 2.00 bits per heavy atom. The second kappa shape index (κ2) is 8.84. The Bertz CT molecular complexity index is 19.0. The number of rotatable bonds is 0. The Morgan fingerprint density at radius 1 is 2.00 bits per heavy atom. The van der Waals surface area contributed by atoms with Crippen LogP contribution in [0.3, 0.4) is 0 Å². The van der Waals surface area contributed by atoms with Crippen molar-refractivity contribution in [3.05, 3.63) is 0 Å². The maximum atomic E-state index is 2.00. The van der Waals surface area contributed by atoms with E-state index in [0.29, 0.717) is 0 Å². The van der Waals surface area contributed by atoms with Crippen LogP contribution in [0, 0.1) is 0 Å². The van der Waals surface area contributed by atoms with Crippen LogP contribution >= 0.6 is 0 Å². The van der Waals surface area contributed by atoms with E-state index in [1.165, 1.54) is 0 Å². The number of hydrogen-bond donors (Lipinski definition) is 0. The number of hydrogen-bond acceptors (Lipinski definition) is 0. The molecule has 0 saturated carbocycles. The normalized spacial score (nSPS) is 3.00. The zero-order valence-corrected chi connectivity index (χ0v) is 5.76. The standard InChI is InChI=1S/C2H4.Mg.Ti.2H/c1-2;;;;/h1H,2H3;;;;/q;+2;;2*-1. The molecule has 0 rings (SSSR count). The maximum absolute atomic E-state index is 2.00. The zero-order valence-electron chi connectivity index (χ0n) is 4.78. The van der Waals surface area contributed by atoms with Gasteiger partial charge in [0.25, 0.3) is 0 Å². The van der Waals surface area contributed by atoms with Gasteiger partial charge in [0.1, 0.15) is 0 Å². The molecule has 0 radical (unpaired) electrons. The summed E-state index contributed by atoms with van der Waals surface area (Å²) in [4.78, 5) is 0. The molecule has 0 amide bonds. The van der Waals surface area contributed by atoms with Gasteiger partial charge in [-0.15, -0.1) is 0 Å². The van der Waals surface area contributed by atoms with Gasteiger partial charge in [-0.2, -0.15) is 0 Å². The first-order chi connectivity index (χ1) is 1.41. The molecule has 0 unspecified atom stereocenters. The van der Waals surface area contributed by atoms with Crippen LogP contribution < -0.4 is 0 Å². The van der Waals surface area contributed by atoms with Gasteiger partial charge in [-0.05, 0) is 0 Å². The van der Waals surface area contributed by atoms with E-state index in [1.54, 1.807) is 0 Å². The molecule has 0 atom stereocenters. The van der Waals surface area contributed by atoms with Gasteiger partial charge in [0.15, 0.2) is 0 Å². The van der Waals surface area contributed by atoms with Crippen LogP contribution in [0.2, 0.25) is 0 Å². The smallest absolute Gasteiger partial charge is 1.00 e. The van der Waals surface area contributed by atoms with Crippen LogP contribution in [0.15, 0.2) is 0 Å². The molecule has 0 bridgehead atoms. The molecule has 0 aromatic carbocycles. The first kappa shape index (κ1) is 9.02. The first-order valence-corrected chi connectivity index (χ1v) is 1.77. The molecular weight excluding hydrogens is 96.2 g/mol. The second-order valence-corrected chi connectivity index (χ2v) is 1.19. The molecule has 0 heterocycles. The quantitative estimate of drug-likeness (QED) is 0.383. The molecule has 0 spiro atoms. The van der Waals surface area contributed by atoms with Crippen molar-refractivity contribution in [2.45, 2.75) is 6.92 Å². The minimum Gasteiger partial charge on any atom is -1.00 e. The van der Waals surface area contributed by atoms with Crippen molar-refractivity contribution in [3.63, 3.8) is 0 Å². The second-order valence-electron chi connectivity index (χ2n) is 0.289. The molecule has 0 aromatic heterocycles. The van der Waals surface area contributed by atoms with Crippen LogP contribution in [0.1, 0.15) is 9.78 Å². The van der Waals surface area contributed by atoms with Crippen molar-refractivity contribution < 1.29 is 22.8 Å². The Kier molecular flexibility index (Phi) is 19.9. The van der Waals surface area contributed by atoms with Crippen molar-refractivity contribution in [2.75, 3.05) is 0 Å². The summed E-state index contributed by atoms with van der Waals surface area (Å²) >= 11 is 2.00. The third-order valence-electron chi connectivity index (χ3n) is 0. The van der Waals surface area contributed by atoms with Gasteiger partial charge in [0.05, 0.1) is 0 Å². The van der Waals surface area contributed by atoms with Crippen molar-refractivity contribution in [3.8, 4) is 0 Å². The van der Waals surface area contributed by atoms with E-state index in [1.807, 2.05) is 31.2 Å². The van der Waals surface area contributed by atoms with Crippen LogP contribution in [-0.4, -0.2) is 27.4 Å². The van der Waals surface area contributed by atoms with Gasteiger partial charge < -0.3 is 2.85 Å². The monoisotopic (exact) mass is 102 g/mol. The molecule has 0 saturated heterocycles. The van der Waals surface area contributed by atoms with Gasteiger partial charge in [0, 0.05) is 0 Å². The minimum atomic E-state index is 0. The largest absolute Gasteiger partial charge is 2.00 e. The van der Waals surface area contributed by atoms with Gasteiger partial charge in [-0.1, -0.05) is 0 Å². The van der Waals surface area contributed by atoms with Gasteiger partial charge in [-0.3, -0.25) is 0 Å². The minimum absolute atomic E-state index is 0. The predicted molar refractivity (Wildman–Crippen MR) is 19.7 cm³/mol. The van der Waals surface area contributed by atoms with E-state index in [-0.39, 0.29) is 25.9 Å². The van der Waals surface area contributed by atoms with Crippen molar-refractivity contribution in [1.29, 1.82) is 0 Å². The molecule has 4 heavy (non-hydrogen) atoms. The Balaban J connectivity index is -0.00000000667. The average molecular weight is 102 g/mol. The molecule has 0 aliphatic carbocycles. The van der Waals surface area contributed by atoms with Crippen LogP contribution in [0.25, 0.3) is 0 Å². The van der Waals surface area contributed by atoms with Gasteiger partial charge in [0.2, 0.25) is 0 Å². The topological polar surface area (TPSA) is 0 Å². The molecule has 0 N–H and O–H groups in total. The van der Waals surface area contributed by atoms with E-state index < -0.39 is 0 Å². The van der Waals surface area contributed by atoms with Crippen molar-refractivity contribution in [1.82, 2.24) is 0 Å². The van der Waals surface area contributed by atoms with Crippen LogP contribution in [-0.2, 0) is 20.0 Å². The fourth-order valence-corrected chi connectivity index (χ4v) is 0. The van der Waals surface area contributed by atoms with Crippen molar-refractivity contribution in [2.24, 2.45) is 0 Å². The van der Waals surface area contributed by atoms with E-state index in [9.17, 15) is 0 Å². The summed E-state index contributed by atoms with van der Waals surface area (Å²) in [5.41, 5.74) is 0. The fourth-order valence-electron chi connectivity index (χ4n) is 0. The SMILES string of the molecule is C[CH]=[Ti].[H-].[H-].[Mg+2]. The summed E-state index contributed by atoms with van der Waals surface area (Å²) in [5, 5.41) is 0. The van der Waals surface area contributed by atoms with Crippen molar-refractivity contribution >= 4 is 27.4 Å². The molecule has 2 heteroatoms. The summed E-state index contributed by atoms with van der Waals surface area (Å²) < 4.78 is 2.00. The molecule has 0 aromatic rings. The molecule has 0 aliphatic rings. The maximum Gasteiger partial charge on any atom is 2.00 e. The molecular formula is C2H6MgTi. The van der Waals surface area contributed by atoms with Gasteiger partial charge in [-0.25, -0.2) is 0 Å². The summed E-state index contributed by atoms with van der Waals surface area (Å²) in [7, 11) is 0. The Morgan fingerprint density at radius 3 is 2.00 bits per heavy atom. The summed E-state index contributed by atoms with van der Waals surface area (Å²) in [6.07, 6.45) is 0. The summed E-state index contributed by atoms with van der Waals surface area (Å²) in [5.74, 6) is 0. The first-order valence-electron chi connectivity index (χ1n) is 0.866. The third kappa shape index (κ3) is 10.1. The van der Waals surface area contributed by atoms with Crippen LogP contribution in [0.5, 0.6) is 0 Å². The average Bonchev–Trinajstić information content (AvgIpc) is 0.918. The predicted octanol–water partition coefficient (Wildman–Crippen LogP) is 0.200. The molecule has 0 nitrogen and oxygen atoms in total.